The maximum absolute atomic E-state index is 13.0. The number of hydrogen-bond donors (Lipinski definition) is 3. The van der Waals surface area contributed by atoms with Gasteiger partial charge >= 0.3 is 0 Å². The number of halogens is 1. The number of nitrogens with one attached hydrogen (secondary N) is 3. The maximum atomic E-state index is 13.0. The average molecular weight is 428 g/mol. The SMILES string of the molecule is Cc1ccc(S(=O)(=O)NC[C@H](NNC(=O)c2ccc(F)cc2)c2ccccc2)cc1. The predicted octanol–water partition coefficient (Wildman–Crippen LogP) is 3.09. The normalized spacial score (nSPS) is 12.3. The predicted molar refractivity (Wildman–Crippen MR) is 113 cm³/mol. The second-order valence-corrected chi connectivity index (χ2v) is 8.50. The van der Waals surface area contributed by atoms with E-state index in [2.05, 4.69) is 15.6 Å². The van der Waals surface area contributed by atoms with Gasteiger partial charge in [0.05, 0.1) is 10.9 Å². The van der Waals surface area contributed by atoms with E-state index in [1.807, 2.05) is 37.3 Å². The molecule has 0 saturated heterocycles. The molecule has 3 aromatic rings. The van der Waals surface area contributed by atoms with Gasteiger partial charge in [-0.1, -0.05) is 48.0 Å². The van der Waals surface area contributed by atoms with Gasteiger partial charge in [-0.2, -0.15) is 0 Å². The van der Waals surface area contributed by atoms with Crippen LogP contribution in [0.25, 0.3) is 0 Å². The molecule has 0 aliphatic heterocycles. The van der Waals surface area contributed by atoms with E-state index in [0.29, 0.717) is 0 Å². The van der Waals surface area contributed by atoms with Gasteiger partial charge in [-0.05, 0) is 48.9 Å². The monoisotopic (exact) mass is 427 g/mol. The number of rotatable bonds is 8. The third kappa shape index (κ3) is 5.73. The molecule has 0 aliphatic carbocycles. The van der Waals surface area contributed by atoms with E-state index in [-0.39, 0.29) is 17.0 Å². The number of hydrazine groups is 1. The molecule has 1 amide bonds. The van der Waals surface area contributed by atoms with Crippen LogP contribution in [0.5, 0.6) is 0 Å². The van der Waals surface area contributed by atoms with Gasteiger partial charge in [0.1, 0.15) is 5.82 Å². The number of carbonyl (C=O) groups excluding carboxylic acids is 1. The van der Waals surface area contributed by atoms with Gasteiger partial charge in [0, 0.05) is 12.1 Å². The molecule has 156 valence electrons. The summed E-state index contributed by atoms with van der Waals surface area (Å²) in [5.41, 5.74) is 7.43. The van der Waals surface area contributed by atoms with Crippen LogP contribution in [0.3, 0.4) is 0 Å². The molecule has 3 N–H and O–H groups in total. The van der Waals surface area contributed by atoms with Crippen molar-refractivity contribution in [3.8, 4) is 0 Å². The lowest BCUT2D eigenvalue weighted by atomic mass is 10.1. The standard InChI is InChI=1S/C22H22FN3O3S/c1-16-7-13-20(14-8-16)30(28,29)24-15-21(17-5-3-2-4-6-17)25-26-22(27)18-9-11-19(23)12-10-18/h2-14,21,24-25H,15H2,1H3,(H,26,27)/t21-/m0/s1. The highest BCUT2D eigenvalue weighted by atomic mass is 32.2. The highest BCUT2D eigenvalue weighted by Gasteiger charge is 2.19. The van der Waals surface area contributed by atoms with Gasteiger partial charge in [-0.25, -0.2) is 23.0 Å². The van der Waals surface area contributed by atoms with Crippen LogP contribution < -0.4 is 15.6 Å². The van der Waals surface area contributed by atoms with Crippen molar-refractivity contribution < 1.29 is 17.6 Å². The molecular weight excluding hydrogens is 405 g/mol. The van der Waals surface area contributed by atoms with Gasteiger partial charge in [0.25, 0.3) is 5.91 Å². The Bertz CT molecular complexity index is 1090. The Morgan fingerprint density at radius 3 is 2.20 bits per heavy atom. The smallest absolute Gasteiger partial charge is 0.265 e. The molecule has 3 aromatic carbocycles. The summed E-state index contributed by atoms with van der Waals surface area (Å²) in [6.45, 7) is 1.88. The second-order valence-electron chi connectivity index (χ2n) is 6.73. The third-order valence-corrected chi connectivity index (χ3v) is 5.92. The van der Waals surface area contributed by atoms with Crippen LogP contribution in [0.4, 0.5) is 4.39 Å². The third-order valence-electron chi connectivity index (χ3n) is 4.48. The van der Waals surface area contributed by atoms with E-state index in [1.165, 1.54) is 24.3 Å². The summed E-state index contributed by atoms with van der Waals surface area (Å²) in [6.07, 6.45) is 0. The molecule has 0 fully saturated rings. The van der Waals surface area contributed by atoms with E-state index < -0.39 is 27.8 Å². The molecule has 3 rings (SSSR count). The Balaban J connectivity index is 1.70. The summed E-state index contributed by atoms with van der Waals surface area (Å²) in [5.74, 6) is -0.899. The van der Waals surface area contributed by atoms with Crippen molar-refractivity contribution in [3.05, 3.63) is 101 Å². The quantitative estimate of drug-likeness (QED) is 0.482. The highest BCUT2D eigenvalue weighted by molar-refractivity contribution is 7.89. The van der Waals surface area contributed by atoms with E-state index in [0.717, 1.165) is 11.1 Å². The number of aryl methyl sites for hydroxylation is 1. The van der Waals surface area contributed by atoms with Gasteiger partial charge < -0.3 is 0 Å². The van der Waals surface area contributed by atoms with Crippen LogP contribution in [0.2, 0.25) is 0 Å². The molecule has 0 aromatic heterocycles. The Hall–Kier alpha value is -3.07. The number of carbonyl (C=O) groups is 1. The lowest BCUT2D eigenvalue weighted by Gasteiger charge is -2.20. The molecule has 8 heteroatoms. The van der Waals surface area contributed by atoms with E-state index in [1.54, 1.807) is 24.3 Å². The van der Waals surface area contributed by atoms with Crippen molar-refractivity contribution in [2.75, 3.05) is 6.54 Å². The molecular formula is C22H22FN3O3S. The molecule has 0 bridgehead atoms. The minimum Gasteiger partial charge on any atom is -0.287 e. The topological polar surface area (TPSA) is 87.3 Å². The fraction of sp³-hybridized carbons (Fsp3) is 0.136. The van der Waals surface area contributed by atoms with Crippen molar-refractivity contribution in [3.63, 3.8) is 0 Å². The van der Waals surface area contributed by atoms with Crippen molar-refractivity contribution >= 4 is 15.9 Å². The van der Waals surface area contributed by atoms with Crippen LogP contribution in [0.1, 0.15) is 27.5 Å². The minimum atomic E-state index is -3.72. The number of hydrogen-bond acceptors (Lipinski definition) is 4. The van der Waals surface area contributed by atoms with Crippen molar-refractivity contribution in [1.82, 2.24) is 15.6 Å². The number of amides is 1. The van der Waals surface area contributed by atoms with Gasteiger partial charge in [-0.3, -0.25) is 10.2 Å². The molecule has 1 atom stereocenters. The average Bonchev–Trinajstić information content (AvgIpc) is 2.75. The summed E-state index contributed by atoms with van der Waals surface area (Å²) >= 11 is 0. The summed E-state index contributed by atoms with van der Waals surface area (Å²) in [7, 11) is -3.72. The van der Waals surface area contributed by atoms with Gasteiger partial charge in [-0.15, -0.1) is 0 Å². The van der Waals surface area contributed by atoms with E-state index in [4.69, 9.17) is 0 Å². The zero-order chi connectivity index (χ0) is 21.6. The molecule has 0 saturated carbocycles. The maximum Gasteiger partial charge on any atom is 0.265 e. The van der Waals surface area contributed by atoms with Crippen molar-refractivity contribution in [2.45, 2.75) is 17.9 Å². The summed E-state index contributed by atoms with van der Waals surface area (Å²) in [4.78, 5) is 12.5. The van der Waals surface area contributed by atoms with Crippen LogP contribution in [0.15, 0.2) is 83.8 Å². The molecule has 0 spiro atoms. The number of sulfonamides is 1. The van der Waals surface area contributed by atoms with E-state index >= 15 is 0 Å². The minimum absolute atomic E-state index is 0.00389. The summed E-state index contributed by atoms with van der Waals surface area (Å²) in [6, 6.07) is 20.2. The highest BCUT2D eigenvalue weighted by Crippen LogP contribution is 2.14. The fourth-order valence-corrected chi connectivity index (χ4v) is 3.80. The lowest BCUT2D eigenvalue weighted by molar-refractivity contribution is 0.0925. The molecule has 0 radical (unpaired) electrons. The molecule has 0 aliphatic rings. The largest absolute Gasteiger partial charge is 0.287 e. The molecule has 30 heavy (non-hydrogen) atoms. The molecule has 6 nitrogen and oxygen atoms in total. The number of benzene rings is 3. The summed E-state index contributed by atoms with van der Waals surface area (Å²) < 4.78 is 40.8. The Kier molecular flexibility index (Phi) is 6.94. The first-order valence-electron chi connectivity index (χ1n) is 9.28. The van der Waals surface area contributed by atoms with Crippen LogP contribution >= 0.6 is 0 Å². The van der Waals surface area contributed by atoms with Gasteiger partial charge in [0.15, 0.2) is 0 Å². The zero-order valence-electron chi connectivity index (χ0n) is 16.3. The fourth-order valence-electron chi connectivity index (χ4n) is 2.76. The van der Waals surface area contributed by atoms with Crippen LogP contribution in [-0.2, 0) is 10.0 Å². The Morgan fingerprint density at radius 2 is 1.57 bits per heavy atom. The van der Waals surface area contributed by atoms with Gasteiger partial charge in [0.2, 0.25) is 10.0 Å². The van der Waals surface area contributed by atoms with Crippen LogP contribution in [0, 0.1) is 12.7 Å². The lowest BCUT2D eigenvalue weighted by Crippen LogP contribution is -2.44. The van der Waals surface area contributed by atoms with Crippen molar-refractivity contribution in [1.29, 1.82) is 0 Å². The second kappa shape index (κ2) is 9.62. The molecule has 0 unspecified atom stereocenters. The Morgan fingerprint density at radius 1 is 0.933 bits per heavy atom. The first-order valence-corrected chi connectivity index (χ1v) is 10.8. The van der Waals surface area contributed by atoms with E-state index in [9.17, 15) is 17.6 Å². The first-order chi connectivity index (χ1) is 14.3. The summed E-state index contributed by atoms with van der Waals surface area (Å²) in [5, 5.41) is 0. The van der Waals surface area contributed by atoms with Crippen LogP contribution in [-0.4, -0.2) is 20.9 Å². The Labute approximate surface area is 175 Å². The van der Waals surface area contributed by atoms with Crippen molar-refractivity contribution in [2.24, 2.45) is 0 Å². The molecule has 0 heterocycles. The zero-order valence-corrected chi connectivity index (χ0v) is 17.1. The first kappa shape index (κ1) is 21.6.